The summed E-state index contributed by atoms with van der Waals surface area (Å²) in [5.41, 5.74) is 0.622. The molecule has 0 saturated heterocycles. The number of carbonyl (C=O) groups is 3. The Kier molecular flexibility index (Phi) is 8.25. The lowest BCUT2D eigenvalue weighted by molar-refractivity contribution is -0.123. The van der Waals surface area contributed by atoms with Crippen molar-refractivity contribution in [3.8, 4) is 17.2 Å². The lowest BCUT2D eigenvalue weighted by Crippen LogP contribution is -2.37. The van der Waals surface area contributed by atoms with Gasteiger partial charge >= 0.3 is 12.0 Å². The highest BCUT2D eigenvalue weighted by molar-refractivity contribution is 6.02. The Morgan fingerprint density at radius 3 is 2.37 bits per heavy atom. The van der Waals surface area contributed by atoms with Gasteiger partial charge in [-0.25, -0.2) is 9.59 Å². The molecule has 0 radical (unpaired) electrons. The quantitative estimate of drug-likeness (QED) is 0.479. The second-order valence-electron chi connectivity index (χ2n) is 5.77. The van der Waals surface area contributed by atoms with Gasteiger partial charge in [0.25, 0.3) is 5.91 Å². The van der Waals surface area contributed by atoms with Crippen LogP contribution in [0.2, 0.25) is 0 Å². The number of rotatable bonds is 9. The van der Waals surface area contributed by atoms with E-state index in [1.807, 2.05) is 0 Å². The topological polar surface area (TPSA) is 112 Å². The highest BCUT2D eigenvalue weighted by Crippen LogP contribution is 2.28. The Hall–Kier alpha value is -4.01. The molecule has 0 aliphatic rings. The molecule has 158 valence electrons. The minimum Gasteiger partial charge on any atom is -0.497 e. The van der Waals surface area contributed by atoms with Crippen molar-refractivity contribution in [3.05, 3.63) is 60.7 Å². The predicted octanol–water partition coefficient (Wildman–Crippen LogP) is 2.77. The zero-order valence-electron chi connectivity index (χ0n) is 16.6. The van der Waals surface area contributed by atoms with Crippen LogP contribution < -0.4 is 24.8 Å². The summed E-state index contributed by atoms with van der Waals surface area (Å²) < 4.78 is 20.5. The highest BCUT2D eigenvalue weighted by atomic mass is 16.5. The van der Waals surface area contributed by atoms with Crippen molar-refractivity contribution < 1.29 is 33.3 Å². The molecule has 30 heavy (non-hydrogen) atoms. The molecular weight excluding hydrogens is 392 g/mol. The van der Waals surface area contributed by atoms with E-state index in [4.69, 9.17) is 18.9 Å². The summed E-state index contributed by atoms with van der Waals surface area (Å²) in [5, 5.41) is 4.54. The fourth-order valence-corrected chi connectivity index (χ4v) is 2.28. The van der Waals surface area contributed by atoms with Crippen LogP contribution in [0, 0.1) is 0 Å². The van der Waals surface area contributed by atoms with Crippen LogP contribution in [0.1, 0.15) is 10.4 Å². The first kappa shape index (κ1) is 22.3. The molecule has 3 amide bonds. The maximum absolute atomic E-state index is 12.2. The van der Waals surface area contributed by atoms with Gasteiger partial charge in [-0.05, 0) is 42.5 Å². The summed E-state index contributed by atoms with van der Waals surface area (Å²) >= 11 is 0. The molecule has 0 spiro atoms. The Labute approximate surface area is 173 Å². The van der Waals surface area contributed by atoms with Crippen molar-refractivity contribution in [2.45, 2.75) is 0 Å². The first-order chi connectivity index (χ1) is 14.5. The fraction of sp³-hybridized carbons (Fsp3) is 0.190. The summed E-state index contributed by atoms with van der Waals surface area (Å²) in [7, 11) is 2.95. The van der Waals surface area contributed by atoms with Crippen LogP contribution in [0.25, 0.3) is 0 Å². The second-order valence-corrected chi connectivity index (χ2v) is 5.77. The minimum atomic E-state index is -0.785. The van der Waals surface area contributed by atoms with Gasteiger partial charge in [-0.1, -0.05) is 12.7 Å². The molecule has 9 nitrogen and oxygen atoms in total. The largest absolute Gasteiger partial charge is 0.497 e. The standard InChI is InChI=1S/C21H22N2O7/c1-4-11-29-17-10-5-14(12-18(17)28-3)20(25)30-13-19(24)23-21(26)22-15-6-8-16(27-2)9-7-15/h4-10,12H,1,11,13H2,2-3H3,(H2,22,23,24,26). The molecule has 2 aromatic carbocycles. The minimum absolute atomic E-state index is 0.160. The van der Waals surface area contributed by atoms with Gasteiger partial charge in [0.15, 0.2) is 18.1 Å². The summed E-state index contributed by atoms with van der Waals surface area (Å²) in [4.78, 5) is 35.9. The SMILES string of the molecule is C=CCOc1ccc(C(=O)OCC(=O)NC(=O)Nc2ccc(OC)cc2)cc1OC. The summed E-state index contributed by atoms with van der Waals surface area (Å²) in [6.45, 7) is 3.20. The van der Waals surface area contributed by atoms with E-state index < -0.39 is 24.5 Å². The number of esters is 1. The van der Waals surface area contributed by atoms with Gasteiger partial charge in [-0.2, -0.15) is 0 Å². The predicted molar refractivity (Wildman–Crippen MR) is 109 cm³/mol. The Morgan fingerprint density at radius 1 is 1.00 bits per heavy atom. The molecule has 0 bridgehead atoms. The molecule has 0 fully saturated rings. The number of amides is 3. The first-order valence-electron chi connectivity index (χ1n) is 8.80. The Bertz CT molecular complexity index is 910. The maximum atomic E-state index is 12.2. The zero-order chi connectivity index (χ0) is 21.9. The summed E-state index contributed by atoms with van der Waals surface area (Å²) in [6, 6.07) is 10.2. The number of urea groups is 1. The second kappa shape index (κ2) is 11.1. The maximum Gasteiger partial charge on any atom is 0.338 e. The van der Waals surface area contributed by atoms with Crippen LogP contribution in [-0.4, -0.2) is 45.3 Å². The molecule has 0 atom stereocenters. The number of carbonyl (C=O) groups excluding carboxylic acids is 3. The molecule has 2 N–H and O–H groups in total. The molecule has 0 aromatic heterocycles. The molecule has 0 aliphatic carbocycles. The number of ether oxygens (including phenoxy) is 4. The van der Waals surface area contributed by atoms with Crippen molar-refractivity contribution in [1.29, 1.82) is 0 Å². The molecule has 0 heterocycles. The van der Waals surface area contributed by atoms with Crippen LogP contribution in [0.5, 0.6) is 17.2 Å². The van der Waals surface area contributed by atoms with Crippen molar-refractivity contribution >= 4 is 23.6 Å². The van der Waals surface area contributed by atoms with Crippen LogP contribution in [0.4, 0.5) is 10.5 Å². The number of imide groups is 1. The van der Waals surface area contributed by atoms with Crippen molar-refractivity contribution in [3.63, 3.8) is 0 Å². The molecule has 2 aromatic rings. The van der Waals surface area contributed by atoms with Crippen molar-refractivity contribution in [1.82, 2.24) is 5.32 Å². The van der Waals surface area contributed by atoms with Gasteiger partial charge in [0.1, 0.15) is 12.4 Å². The smallest absolute Gasteiger partial charge is 0.338 e. The zero-order valence-corrected chi connectivity index (χ0v) is 16.6. The molecule has 0 saturated carbocycles. The number of hydrogen-bond acceptors (Lipinski definition) is 7. The van der Waals surface area contributed by atoms with E-state index in [-0.39, 0.29) is 12.2 Å². The molecular formula is C21H22N2O7. The molecule has 9 heteroatoms. The van der Waals surface area contributed by atoms with Gasteiger partial charge in [0.2, 0.25) is 0 Å². The third kappa shape index (κ3) is 6.55. The third-order valence-electron chi connectivity index (χ3n) is 3.69. The molecule has 2 rings (SSSR count). The van der Waals surface area contributed by atoms with E-state index in [9.17, 15) is 14.4 Å². The summed E-state index contributed by atoms with van der Waals surface area (Å²) in [6.07, 6.45) is 1.57. The first-order valence-corrected chi connectivity index (χ1v) is 8.80. The monoisotopic (exact) mass is 414 g/mol. The number of methoxy groups -OCH3 is 2. The van der Waals surface area contributed by atoms with Crippen molar-refractivity contribution in [2.75, 3.05) is 32.8 Å². The van der Waals surface area contributed by atoms with Gasteiger partial charge in [0, 0.05) is 5.69 Å². The van der Waals surface area contributed by atoms with Crippen LogP contribution >= 0.6 is 0 Å². The number of nitrogens with one attached hydrogen (secondary N) is 2. The average molecular weight is 414 g/mol. The number of anilines is 1. The van der Waals surface area contributed by atoms with Crippen LogP contribution in [0.3, 0.4) is 0 Å². The third-order valence-corrected chi connectivity index (χ3v) is 3.69. The fourth-order valence-electron chi connectivity index (χ4n) is 2.28. The average Bonchev–Trinajstić information content (AvgIpc) is 2.76. The normalized spacial score (nSPS) is 9.80. The Morgan fingerprint density at radius 2 is 1.73 bits per heavy atom. The van der Waals surface area contributed by atoms with Gasteiger partial charge in [-0.15, -0.1) is 0 Å². The van der Waals surface area contributed by atoms with E-state index in [1.165, 1.54) is 26.4 Å². The van der Waals surface area contributed by atoms with E-state index in [0.29, 0.717) is 22.9 Å². The highest BCUT2D eigenvalue weighted by Gasteiger charge is 2.15. The number of benzene rings is 2. The van der Waals surface area contributed by atoms with Gasteiger partial charge in [0.05, 0.1) is 19.8 Å². The number of hydrogen-bond donors (Lipinski definition) is 2. The summed E-state index contributed by atoms with van der Waals surface area (Å²) in [5.74, 6) is -0.154. The van der Waals surface area contributed by atoms with E-state index in [2.05, 4.69) is 17.2 Å². The Balaban J connectivity index is 1.85. The van der Waals surface area contributed by atoms with E-state index in [1.54, 1.807) is 36.4 Å². The van der Waals surface area contributed by atoms with Crippen LogP contribution in [-0.2, 0) is 9.53 Å². The van der Waals surface area contributed by atoms with Gasteiger partial charge in [-0.3, -0.25) is 10.1 Å². The lowest BCUT2D eigenvalue weighted by Gasteiger charge is -2.11. The van der Waals surface area contributed by atoms with Crippen LogP contribution in [0.15, 0.2) is 55.1 Å². The van der Waals surface area contributed by atoms with E-state index in [0.717, 1.165) is 0 Å². The van der Waals surface area contributed by atoms with Gasteiger partial charge < -0.3 is 24.3 Å². The lowest BCUT2D eigenvalue weighted by atomic mass is 10.2. The molecule has 0 aliphatic heterocycles. The van der Waals surface area contributed by atoms with E-state index >= 15 is 0 Å². The van der Waals surface area contributed by atoms with Crippen molar-refractivity contribution in [2.24, 2.45) is 0 Å². The molecule has 0 unspecified atom stereocenters.